The summed E-state index contributed by atoms with van der Waals surface area (Å²) < 4.78 is 6.86. The van der Waals surface area contributed by atoms with Gasteiger partial charge < -0.3 is 15.8 Å². The molecule has 6 heteroatoms. The molecule has 98 valence electrons. The molecule has 1 amide bonds. The number of carbonyl (C=O) groups is 1. The molecule has 1 aromatic carbocycles. The summed E-state index contributed by atoms with van der Waals surface area (Å²) in [6, 6.07) is 5.49. The van der Waals surface area contributed by atoms with Crippen molar-refractivity contribution in [3.05, 3.63) is 23.8 Å². The number of ether oxygens (including phenoxy) is 1. The predicted octanol–water partition coefficient (Wildman–Crippen LogP) is 1.17. The number of hydrogen-bond acceptors (Lipinski definition) is 4. The standard InChI is InChI=1S/C13H14N4O2/c1-17-11(14)6-10(16-17)9-5-8(19-2)3-7-4-12(18)15-13(7)9/h3,5-6H,4,14H2,1-2H3,(H,15,18). The number of methoxy groups -OCH3 is 1. The molecule has 0 fully saturated rings. The molecule has 0 aliphatic carbocycles. The average molecular weight is 258 g/mol. The van der Waals surface area contributed by atoms with E-state index in [2.05, 4.69) is 10.4 Å². The molecule has 0 radical (unpaired) electrons. The lowest BCUT2D eigenvalue weighted by molar-refractivity contribution is -0.115. The molecule has 0 atom stereocenters. The van der Waals surface area contributed by atoms with Crippen molar-refractivity contribution >= 4 is 17.4 Å². The van der Waals surface area contributed by atoms with Gasteiger partial charge in [0, 0.05) is 18.7 Å². The third-order valence-corrected chi connectivity index (χ3v) is 3.24. The normalized spacial score (nSPS) is 13.3. The summed E-state index contributed by atoms with van der Waals surface area (Å²) in [5, 5.41) is 7.20. The number of carbonyl (C=O) groups excluding carboxylic acids is 1. The molecule has 1 aliphatic heterocycles. The van der Waals surface area contributed by atoms with E-state index in [4.69, 9.17) is 10.5 Å². The second kappa shape index (κ2) is 4.01. The van der Waals surface area contributed by atoms with Gasteiger partial charge in [0.1, 0.15) is 11.6 Å². The molecule has 3 rings (SSSR count). The van der Waals surface area contributed by atoms with Gasteiger partial charge in [-0.3, -0.25) is 9.48 Å². The van der Waals surface area contributed by atoms with Crippen LogP contribution in [-0.4, -0.2) is 22.8 Å². The van der Waals surface area contributed by atoms with Crippen LogP contribution in [0.25, 0.3) is 11.3 Å². The highest BCUT2D eigenvalue weighted by Crippen LogP contribution is 2.38. The van der Waals surface area contributed by atoms with Crippen molar-refractivity contribution in [3.63, 3.8) is 0 Å². The van der Waals surface area contributed by atoms with Gasteiger partial charge in [-0.1, -0.05) is 0 Å². The molecule has 3 N–H and O–H groups in total. The number of anilines is 2. The zero-order chi connectivity index (χ0) is 13.6. The lowest BCUT2D eigenvalue weighted by atomic mass is 10.0. The number of nitrogens with zero attached hydrogens (tertiary/aromatic N) is 2. The molecule has 0 unspecified atom stereocenters. The zero-order valence-corrected chi connectivity index (χ0v) is 10.7. The average Bonchev–Trinajstić information content (AvgIpc) is 2.90. The number of nitrogen functional groups attached to an aromatic ring is 1. The fourth-order valence-corrected chi connectivity index (χ4v) is 2.25. The van der Waals surface area contributed by atoms with Gasteiger partial charge in [0.25, 0.3) is 0 Å². The summed E-state index contributed by atoms with van der Waals surface area (Å²) in [7, 11) is 3.38. The minimum absolute atomic E-state index is 0.0200. The second-order valence-electron chi connectivity index (χ2n) is 4.51. The molecule has 19 heavy (non-hydrogen) atoms. The van der Waals surface area contributed by atoms with Gasteiger partial charge in [-0.25, -0.2) is 0 Å². The highest BCUT2D eigenvalue weighted by molar-refractivity contribution is 6.04. The number of aryl methyl sites for hydroxylation is 1. The molecule has 0 saturated heterocycles. The molecule has 1 aromatic heterocycles. The number of nitrogens with one attached hydrogen (secondary N) is 1. The number of aromatic nitrogens is 2. The van der Waals surface area contributed by atoms with Crippen molar-refractivity contribution in [1.29, 1.82) is 0 Å². The molecular formula is C13H14N4O2. The van der Waals surface area contributed by atoms with E-state index in [1.54, 1.807) is 24.9 Å². The smallest absolute Gasteiger partial charge is 0.228 e. The molecule has 0 saturated carbocycles. The van der Waals surface area contributed by atoms with Crippen molar-refractivity contribution in [2.24, 2.45) is 7.05 Å². The number of amides is 1. The molecule has 0 spiro atoms. The summed E-state index contributed by atoms with van der Waals surface area (Å²) in [4.78, 5) is 11.6. The van der Waals surface area contributed by atoms with Gasteiger partial charge in [-0.2, -0.15) is 5.10 Å². The topological polar surface area (TPSA) is 82.2 Å². The van der Waals surface area contributed by atoms with Crippen molar-refractivity contribution in [1.82, 2.24) is 9.78 Å². The highest BCUT2D eigenvalue weighted by atomic mass is 16.5. The minimum Gasteiger partial charge on any atom is -0.497 e. The van der Waals surface area contributed by atoms with Crippen LogP contribution < -0.4 is 15.8 Å². The second-order valence-corrected chi connectivity index (χ2v) is 4.51. The number of fused-ring (bicyclic) bond motifs is 1. The molecule has 0 bridgehead atoms. The quantitative estimate of drug-likeness (QED) is 0.847. The lowest BCUT2D eigenvalue weighted by Gasteiger charge is -2.08. The lowest BCUT2D eigenvalue weighted by Crippen LogP contribution is -2.04. The van der Waals surface area contributed by atoms with E-state index in [1.807, 2.05) is 12.1 Å². The Hall–Kier alpha value is -2.50. The van der Waals surface area contributed by atoms with Crippen molar-refractivity contribution in [2.45, 2.75) is 6.42 Å². The van der Waals surface area contributed by atoms with Gasteiger partial charge in [0.15, 0.2) is 0 Å². The molecule has 2 heterocycles. The first-order valence-corrected chi connectivity index (χ1v) is 5.89. The van der Waals surface area contributed by atoms with Gasteiger partial charge in [-0.05, 0) is 17.7 Å². The van der Waals surface area contributed by atoms with Crippen LogP contribution in [0.4, 0.5) is 11.5 Å². The van der Waals surface area contributed by atoms with Crippen molar-refractivity contribution in [3.8, 4) is 17.0 Å². The maximum atomic E-state index is 11.6. The van der Waals surface area contributed by atoms with E-state index < -0.39 is 0 Å². The maximum absolute atomic E-state index is 11.6. The Bertz CT molecular complexity index is 656. The third kappa shape index (κ3) is 1.81. The van der Waals surface area contributed by atoms with E-state index >= 15 is 0 Å². The predicted molar refractivity (Wildman–Crippen MR) is 71.9 cm³/mol. The Morgan fingerprint density at radius 2 is 2.21 bits per heavy atom. The molecular weight excluding hydrogens is 244 g/mol. The maximum Gasteiger partial charge on any atom is 0.228 e. The van der Waals surface area contributed by atoms with Crippen LogP contribution >= 0.6 is 0 Å². The van der Waals surface area contributed by atoms with Gasteiger partial charge >= 0.3 is 0 Å². The zero-order valence-electron chi connectivity index (χ0n) is 10.7. The summed E-state index contributed by atoms with van der Waals surface area (Å²) in [5.41, 5.74) is 9.06. The summed E-state index contributed by atoms with van der Waals surface area (Å²) >= 11 is 0. The van der Waals surface area contributed by atoms with Gasteiger partial charge in [0.2, 0.25) is 5.91 Å². The van der Waals surface area contributed by atoms with E-state index in [-0.39, 0.29) is 5.91 Å². The minimum atomic E-state index is -0.0200. The van der Waals surface area contributed by atoms with Crippen LogP contribution in [0.1, 0.15) is 5.56 Å². The van der Waals surface area contributed by atoms with Crippen LogP contribution in [0.5, 0.6) is 5.75 Å². The third-order valence-electron chi connectivity index (χ3n) is 3.24. The van der Waals surface area contributed by atoms with Gasteiger partial charge in [-0.15, -0.1) is 0 Å². The molecule has 1 aliphatic rings. The largest absolute Gasteiger partial charge is 0.497 e. The highest BCUT2D eigenvalue weighted by Gasteiger charge is 2.24. The van der Waals surface area contributed by atoms with Crippen LogP contribution in [0.3, 0.4) is 0 Å². The molecule has 2 aromatic rings. The van der Waals surface area contributed by atoms with E-state index in [0.29, 0.717) is 18.0 Å². The monoisotopic (exact) mass is 258 g/mol. The Labute approximate surface area is 110 Å². The number of nitrogens with two attached hydrogens (primary N) is 1. The number of hydrogen-bond donors (Lipinski definition) is 2. The molecule has 6 nitrogen and oxygen atoms in total. The van der Waals surface area contributed by atoms with Crippen molar-refractivity contribution in [2.75, 3.05) is 18.2 Å². The fraction of sp³-hybridized carbons (Fsp3) is 0.231. The Morgan fingerprint density at radius 3 is 2.84 bits per heavy atom. The fourth-order valence-electron chi connectivity index (χ4n) is 2.25. The van der Waals surface area contributed by atoms with Crippen LogP contribution in [0.2, 0.25) is 0 Å². The SMILES string of the molecule is COc1cc2c(c(-c3cc(N)n(C)n3)c1)NC(=O)C2. The van der Waals surface area contributed by atoms with Crippen LogP contribution in [-0.2, 0) is 18.3 Å². The summed E-state index contributed by atoms with van der Waals surface area (Å²) in [5.74, 6) is 1.25. The Morgan fingerprint density at radius 1 is 1.42 bits per heavy atom. The Kier molecular flexibility index (Phi) is 2.45. The van der Waals surface area contributed by atoms with E-state index in [9.17, 15) is 4.79 Å². The number of benzene rings is 1. The Balaban J connectivity index is 2.20. The first kappa shape index (κ1) is 11.6. The van der Waals surface area contributed by atoms with Gasteiger partial charge in [0.05, 0.1) is 24.9 Å². The first-order chi connectivity index (χ1) is 9.08. The van der Waals surface area contributed by atoms with Crippen LogP contribution in [0, 0.1) is 0 Å². The first-order valence-electron chi connectivity index (χ1n) is 5.89. The van der Waals surface area contributed by atoms with E-state index in [1.165, 1.54) is 0 Å². The summed E-state index contributed by atoms with van der Waals surface area (Å²) in [6.07, 6.45) is 0.363. The van der Waals surface area contributed by atoms with Crippen molar-refractivity contribution < 1.29 is 9.53 Å². The van der Waals surface area contributed by atoms with Crippen LogP contribution in [0.15, 0.2) is 18.2 Å². The van der Waals surface area contributed by atoms with E-state index in [0.717, 1.165) is 22.5 Å². The number of rotatable bonds is 2. The summed E-state index contributed by atoms with van der Waals surface area (Å²) in [6.45, 7) is 0.